The van der Waals surface area contributed by atoms with Gasteiger partial charge in [-0.3, -0.25) is 14.2 Å². The van der Waals surface area contributed by atoms with Gasteiger partial charge in [0.2, 0.25) is 0 Å². The molecule has 0 atom stereocenters. The first-order valence-corrected chi connectivity index (χ1v) is 9.55. The van der Waals surface area contributed by atoms with Crippen LogP contribution in [0, 0.1) is 6.92 Å². The van der Waals surface area contributed by atoms with E-state index < -0.39 is 10.0 Å². The highest BCUT2D eigenvalue weighted by Crippen LogP contribution is 2.30. The third-order valence-electron chi connectivity index (χ3n) is 4.40. The van der Waals surface area contributed by atoms with Gasteiger partial charge in [-0.25, -0.2) is 8.42 Å². The highest BCUT2D eigenvalue weighted by molar-refractivity contribution is 7.92. The van der Waals surface area contributed by atoms with Crippen LogP contribution in [0.25, 0.3) is 0 Å². The van der Waals surface area contributed by atoms with Crippen molar-refractivity contribution in [2.45, 2.75) is 50.5 Å². The molecule has 1 saturated carbocycles. The van der Waals surface area contributed by atoms with Crippen molar-refractivity contribution in [1.82, 2.24) is 9.78 Å². The molecule has 0 bridgehead atoms. The number of Topliss-reactive ketones (excluding diaryl/α,β-unsaturated/α-hetero) is 1. The summed E-state index contributed by atoms with van der Waals surface area (Å²) in [5.41, 5.74) is 1.46. The van der Waals surface area contributed by atoms with Crippen LogP contribution < -0.4 is 4.72 Å². The number of nitrogens with zero attached hydrogens (tertiary/aromatic N) is 2. The zero-order chi connectivity index (χ0) is 17.3. The Morgan fingerprint density at radius 1 is 1.21 bits per heavy atom. The van der Waals surface area contributed by atoms with Crippen molar-refractivity contribution >= 4 is 21.5 Å². The molecule has 1 fully saturated rings. The summed E-state index contributed by atoms with van der Waals surface area (Å²) in [6.07, 6.45) is 6.03. The van der Waals surface area contributed by atoms with Gasteiger partial charge in [0, 0.05) is 17.4 Å². The molecule has 1 aromatic carbocycles. The number of hydrogen-bond donors (Lipinski definition) is 1. The topological polar surface area (TPSA) is 81.1 Å². The molecule has 0 spiro atoms. The molecule has 7 heteroatoms. The fourth-order valence-corrected chi connectivity index (χ4v) is 4.30. The van der Waals surface area contributed by atoms with E-state index in [-0.39, 0.29) is 10.7 Å². The number of aromatic nitrogens is 2. The number of rotatable bonds is 5. The van der Waals surface area contributed by atoms with E-state index in [1.165, 1.54) is 6.92 Å². The maximum absolute atomic E-state index is 12.6. The van der Waals surface area contributed by atoms with Crippen LogP contribution in [0.15, 0.2) is 35.4 Å². The molecule has 1 aliphatic rings. The zero-order valence-electron chi connectivity index (χ0n) is 13.8. The second-order valence-corrected chi connectivity index (χ2v) is 7.89. The number of carbonyl (C=O) groups excluding carboxylic acids is 1. The minimum Gasteiger partial charge on any atom is -0.295 e. The molecular weight excluding hydrogens is 326 g/mol. The van der Waals surface area contributed by atoms with Crippen molar-refractivity contribution in [1.29, 1.82) is 0 Å². The molecular formula is C17H21N3O3S. The van der Waals surface area contributed by atoms with Gasteiger partial charge in [-0.1, -0.05) is 12.8 Å². The van der Waals surface area contributed by atoms with Gasteiger partial charge in [-0.2, -0.15) is 5.10 Å². The smallest absolute Gasteiger partial charge is 0.265 e. The van der Waals surface area contributed by atoms with Crippen molar-refractivity contribution in [2.75, 3.05) is 4.72 Å². The minimum absolute atomic E-state index is 0.0573. The van der Waals surface area contributed by atoms with E-state index in [2.05, 4.69) is 9.82 Å². The molecule has 3 rings (SSSR count). The van der Waals surface area contributed by atoms with Crippen LogP contribution in [-0.4, -0.2) is 24.0 Å². The zero-order valence-corrected chi connectivity index (χ0v) is 14.6. The lowest BCUT2D eigenvalue weighted by Crippen LogP contribution is -2.13. The van der Waals surface area contributed by atoms with Crippen LogP contribution in [0.4, 0.5) is 5.69 Å². The minimum atomic E-state index is -3.70. The van der Waals surface area contributed by atoms with Gasteiger partial charge in [0.15, 0.2) is 5.78 Å². The van der Waals surface area contributed by atoms with Gasteiger partial charge in [0.1, 0.15) is 4.90 Å². The number of benzene rings is 1. The summed E-state index contributed by atoms with van der Waals surface area (Å²) < 4.78 is 29.6. The van der Waals surface area contributed by atoms with Gasteiger partial charge in [0.25, 0.3) is 10.0 Å². The van der Waals surface area contributed by atoms with Gasteiger partial charge in [-0.05, 0) is 51.0 Å². The van der Waals surface area contributed by atoms with Crippen molar-refractivity contribution in [3.8, 4) is 0 Å². The molecule has 24 heavy (non-hydrogen) atoms. The molecule has 0 aliphatic heterocycles. The third-order valence-corrected chi connectivity index (χ3v) is 5.89. The Hall–Kier alpha value is -2.15. The highest BCUT2D eigenvalue weighted by atomic mass is 32.2. The Bertz CT molecular complexity index is 848. The van der Waals surface area contributed by atoms with Crippen LogP contribution in [0.3, 0.4) is 0 Å². The first-order valence-electron chi connectivity index (χ1n) is 8.06. The molecule has 0 unspecified atom stereocenters. The maximum atomic E-state index is 12.6. The monoisotopic (exact) mass is 347 g/mol. The van der Waals surface area contributed by atoms with Crippen molar-refractivity contribution < 1.29 is 13.2 Å². The maximum Gasteiger partial charge on any atom is 0.265 e. The number of aryl methyl sites for hydroxylation is 1. The summed E-state index contributed by atoms with van der Waals surface area (Å²) in [7, 11) is -3.70. The SMILES string of the molecule is CC(=O)c1ccc(NS(=O)(=O)c2cn(C3CCCC3)nc2C)cc1. The molecule has 1 aromatic heterocycles. The Balaban J connectivity index is 1.83. The van der Waals surface area contributed by atoms with Gasteiger partial charge in [0.05, 0.1) is 11.7 Å². The van der Waals surface area contributed by atoms with Crippen LogP contribution in [-0.2, 0) is 10.0 Å². The number of nitrogens with one attached hydrogen (secondary N) is 1. The van der Waals surface area contributed by atoms with Crippen molar-refractivity contribution in [2.24, 2.45) is 0 Å². The average molecular weight is 347 g/mol. The number of anilines is 1. The Labute approximate surface area is 141 Å². The lowest BCUT2D eigenvalue weighted by atomic mass is 10.1. The third kappa shape index (κ3) is 3.36. The summed E-state index contributed by atoms with van der Waals surface area (Å²) >= 11 is 0. The van der Waals surface area contributed by atoms with Crippen LogP contribution in [0.1, 0.15) is 54.7 Å². The lowest BCUT2D eigenvalue weighted by molar-refractivity contribution is 0.101. The van der Waals surface area contributed by atoms with E-state index in [1.807, 2.05) is 0 Å². The van der Waals surface area contributed by atoms with Gasteiger partial charge < -0.3 is 0 Å². The fraction of sp³-hybridized carbons (Fsp3) is 0.412. The van der Waals surface area contributed by atoms with Crippen LogP contribution in [0.2, 0.25) is 0 Å². The van der Waals surface area contributed by atoms with Crippen LogP contribution in [0.5, 0.6) is 0 Å². The highest BCUT2D eigenvalue weighted by Gasteiger charge is 2.24. The standard InChI is InChI=1S/C17H21N3O3S/c1-12-17(11-20(18-12)16-5-3-4-6-16)24(22,23)19-15-9-7-14(8-10-15)13(2)21/h7-11,16,19H,3-6H2,1-2H3. The summed E-state index contributed by atoms with van der Waals surface area (Å²) in [6.45, 7) is 3.18. The summed E-state index contributed by atoms with van der Waals surface area (Å²) in [5.74, 6) is -0.0573. The summed E-state index contributed by atoms with van der Waals surface area (Å²) in [5, 5.41) is 4.39. The predicted molar refractivity (Wildman–Crippen MR) is 91.7 cm³/mol. The largest absolute Gasteiger partial charge is 0.295 e. The first-order chi connectivity index (χ1) is 11.4. The Morgan fingerprint density at radius 2 is 1.83 bits per heavy atom. The number of carbonyl (C=O) groups is 1. The predicted octanol–water partition coefficient (Wildman–Crippen LogP) is 3.31. The molecule has 1 aliphatic carbocycles. The molecule has 0 saturated heterocycles. The van der Waals surface area contributed by atoms with Gasteiger partial charge >= 0.3 is 0 Å². The normalized spacial score (nSPS) is 15.6. The Morgan fingerprint density at radius 3 is 2.42 bits per heavy atom. The summed E-state index contributed by atoms with van der Waals surface area (Å²) in [6, 6.07) is 6.68. The van der Waals surface area contributed by atoms with E-state index in [1.54, 1.807) is 42.1 Å². The fourth-order valence-electron chi connectivity index (χ4n) is 3.07. The van der Waals surface area contributed by atoms with E-state index in [0.29, 0.717) is 23.0 Å². The first kappa shape index (κ1) is 16.7. The second kappa shape index (κ2) is 6.39. The van der Waals surface area contributed by atoms with E-state index in [4.69, 9.17) is 0 Å². The average Bonchev–Trinajstić information content (AvgIpc) is 3.16. The van der Waals surface area contributed by atoms with E-state index in [0.717, 1.165) is 25.7 Å². The van der Waals surface area contributed by atoms with E-state index in [9.17, 15) is 13.2 Å². The molecule has 128 valence electrons. The molecule has 0 radical (unpaired) electrons. The van der Waals surface area contributed by atoms with Crippen molar-refractivity contribution in [3.05, 3.63) is 41.7 Å². The molecule has 6 nitrogen and oxygen atoms in total. The Kier molecular flexibility index (Phi) is 4.45. The van der Waals surface area contributed by atoms with Crippen LogP contribution >= 0.6 is 0 Å². The molecule has 1 N–H and O–H groups in total. The van der Waals surface area contributed by atoms with Gasteiger partial charge in [-0.15, -0.1) is 0 Å². The molecule has 1 heterocycles. The summed E-state index contributed by atoms with van der Waals surface area (Å²) in [4.78, 5) is 11.5. The second-order valence-electron chi connectivity index (χ2n) is 6.24. The number of sulfonamides is 1. The lowest BCUT2D eigenvalue weighted by Gasteiger charge is -2.09. The quantitative estimate of drug-likeness (QED) is 0.841. The van der Waals surface area contributed by atoms with E-state index >= 15 is 0 Å². The number of ketones is 1. The molecule has 0 amide bonds. The molecule has 2 aromatic rings. The van der Waals surface area contributed by atoms with Crippen molar-refractivity contribution in [3.63, 3.8) is 0 Å². The number of hydrogen-bond acceptors (Lipinski definition) is 4.